The zero-order chi connectivity index (χ0) is 62.9. The lowest BCUT2D eigenvalue weighted by molar-refractivity contribution is 0.953. The van der Waals surface area contributed by atoms with Crippen LogP contribution in [0.1, 0.15) is 5.48 Å². The Labute approximate surface area is 525 Å². The van der Waals surface area contributed by atoms with Gasteiger partial charge in [-0.2, -0.15) is 9.97 Å². The summed E-state index contributed by atoms with van der Waals surface area (Å²) in [5, 5.41) is 14.0. The average molecular weight is 1160 g/mol. The highest BCUT2D eigenvalue weighted by molar-refractivity contribution is 6.39. The van der Waals surface area contributed by atoms with Gasteiger partial charge in [-0.25, -0.2) is 4.98 Å². The van der Waals surface area contributed by atoms with E-state index < -0.39 is 0 Å². The Morgan fingerprint density at radius 3 is 0.857 bits per heavy atom. The minimum atomic E-state index is 0.402. The molecule has 20 rings (SSSR count). The first kappa shape index (κ1) is 45.9. The molecule has 0 unspecified atom stereocenters. The van der Waals surface area contributed by atoms with Crippen LogP contribution in [0.3, 0.4) is 0 Å². The Morgan fingerprint density at radius 1 is 0.220 bits per heavy atom. The highest BCUT2D eigenvalue weighted by atomic mass is 15.2. The minimum Gasteiger partial charge on any atom is -0.309 e. The molecule has 0 N–H and O–H groups in total. The first-order valence-corrected chi connectivity index (χ1v) is 30.7. The largest absolute Gasteiger partial charge is 0.309 e. The van der Waals surface area contributed by atoms with Crippen molar-refractivity contribution in [2.24, 2.45) is 0 Å². The van der Waals surface area contributed by atoms with Crippen LogP contribution in [-0.2, 0) is 0 Å². The molecule has 0 amide bonds. The Morgan fingerprint density at radius 2 is 0.516 bits per heavy atom. The van der Waals surface area contributed by atoms with E-state index in [4.69, 9.17) is 17.7 Å². The van der Waals surface area contributed by atoms with Crippen LogP contribution in [0.5, 0.6) is 0 Å². The second-order valence-electron chi connectivity index (χ2n) is 23.5. The maximum absolute atomic E-state index is 9.27. The second-order valence-corrected chi connectivity index (χ2v) is 23.5. The molecule has 6 heterocycles. The number of para-hydroxylation sites is 6. The molecule has 0 aliphatic rings. The summed E-state index contributed by atoms with van der Waals surface area (Å²) in [6.45, 7) is 0. The second kappa shape index (κ2) is 19.1. The van der Waals surface area contributed by atoms with Gasteiger partial charge in [0.1, 0.15) is 0 Å². The Hall–Kier alpha value is -12.4. The van der Waals surface area contributed by atoms with Crippen LogP contribution in [0.2, 0.25) is 0 Å². The molecular formula is C83H50N8. The standard InChI is InChI=1S/C83H50N8/c1-5-25-51(26-6-1)81-84-82(52-27-7-2-8-28-52)86-83(85-81)91-71-47-45-55(89-69-43-23-19-39-63(69)75-73-61-37-17-21-41-67(61)87(53-29-9-3-10-30-53)77(73)57-33-13-15-35-59(57)79(75)89)49-65(71)66-50-56(46-48-72(66)91)90-70-44-24-20-40-64(70)76-74-62-38-18-22-42-68(62)88(54-31-11-4-12-32-54)78(74)58-34-14-16-36-60(58)80(76)90/h1-50H/i17D,18D,19D,20D. The lowest BCUT2D eigenvalue weighted by atomic mass is 9.99. The SMILES string of the molecule is [2H]c1ccc2c(c1)c1c3c4cc([2H])ccc4n(-c4ccc5c(c4)c4cc(-n6c7ccc([2H])cc7c7c8c9cc([2H])ccc9n(-c9ccccc9)c8c8ccccc8c76)ccc4n5-c4nc(-c5ccccc5)nc(-c5ccccc5)n4)c3c3ccccc3c1n2-c1ccccc1. The van der Waals surface area contributed by atoms with E-state index in [0.29, 0.717) is 41.8 Å². The number of nitrogens with zero attached hydrogens (tertiary/aromatic N) is 8. The Bertz CT molecular complexity index is 6290. The Balaban J connectivity index is 0.927. The van der Waals surface area contributed by atoms with Gasteiger partial charge in [0, 0.05) is 109 Å². The van der Waals surface area contributed by atoms with Crippen molar-refractivity contribution in [2.75, 3.05) is 0 Å². The highest BCUT2D eigenvalue weighted by Gasteiger charge is 2.28. The van der Waals surface area contributed by atoms with Crippen LogP contribution < -0.4 is 0 Å². The molecule has 0 bridgehead atoms. The first-order valence-electron chi connectivity index (χ1n) is 32.7. The number of hydrogen-bond acceptors (Lipinski definition) is 3. The summed E-state index contributed by atoms with van der Waals surface area (Å²) in [6, 6.07) is 97.4. The molecule has 6 aromatic heterocycles. The predicted molar refractivity (Wildman–Crippen MR) is 377 cm³/mol. The van der Waals surface area contributed by atoms with Crippen molar-refractivity contribution in [3.63, 3.8) is 0 Å². The molecule has 0 saturated carbocycles. The molecule has 0 saturated heterocycles. The third kappa shape index (κ3) is 7.01. The van der Waals surface area contributed by atoms with Crippen molar-refractivity contribution in [1.29, 1.82) is 0 Å². The normalized spacial score (nSPS) is 12.8. The van der Waals surface area contributed by atoms with Gasteiger partial charge in [-0.05, 0) is 84.9 Å². The van der Waals surface area contributed by atoms with Gasteiger partial charge in [0.25, 0.3) is 0 Å². The van der Waals surface area contributed by atoms with Gasteiger partial charge in [-0.15, -0.1) is 0 Å². The molecule has 0 atom stereocenters. The van der Waals surface area contributed by atoms with Gasteiger partial charge in [-0.1, -0.05) is 218 Å². The van der Waals surface area contributed by atoms with E-state index in [-0.39, 0.29) is 0 Å². The summed E-state index contributed by atoms with van der Waals surface area (Å²) < 4.78 is 48.4. The molecule has 14 aromatic carbocycles. The van der Waals surface area contributed by atoms with Crippen molar-refractivity contribution >= 4 is 131 Å². The lowest BCUT2D eigenvalue weighted by Crippen LogP contribution is -2.06. The highest BCUT2D eigenvalue weighted by Crippen LogP contribution is 2.50. The zero-order valence-electron chi connectivity index (χ0n) is 52.6. The molecule has 8 nitrogen and oxygen atoms in total. The number of hydrogen-bond donors (Lipinski definition) is 0. The van der Waals surface area contributed by atoms with Crippen molar-refractivity contribution < 1.29 is 5.48 Å². The monoisotopic (exact) mass is 1160 g/mol. The van der Waals surface area contributed by atoms with Gasteiger partial charge in [-0.3, -0.25) is 4.57 Å². The fourth-order valence-electron chi connectivity index (χ4n) is 15.2. The first-order chi connectivity index (χ1) is 46.8. The molecule has 422 valence electrons. The molecular weight excluding hydrogens is 1110 g/mol. The smallest absolute Gasteiger partial charge is 0.238 e. The third-order valence-electron chi connectivity index (χ3n) is 18.8. The van der Waals surface area contributed by atoms with E-state index in [1.54, 1.807) is 0 Å². The van der Waals surface area contributed by atoms with Crippen molar-refractivity contribution in [1.82, 2.24) is 37.8 Å². The fourth-order valence-corrected chi connectivity index (χ4v) is 15.2. The van der Waals surface area contributed by atoms with E-state index in [9.17, 15) is 2.74 Å². The molecule has 0 radical (unpaired) electrons. The van der Waals surface area contributed by atoms with Gasteiger partial charge in [0.2, 0.25) is 5.95 Å². The summed E-state index contributed by atoms with van der Waals surface area (Å²) >= 11 is 0. The van der Waals surface area contributed by atoms with Crippen LogP contribution in [0.4, 0.5) is 0 Å². The Kier molecular flexibility index (Phi) is 9.60. The summed E-state index contributed by atoms with van der Waals surface area (Å²) in [6.07, 6.45) is 0. The van der Waals surface area contributed by atoms with E-state index in [1.165, 1.54) is 0 Å². The van der Waals surface area contributed by atoms with E-state index in [1.807, 2.05) is 121 Å². The predicted octanol–water partition coefficient (Wildman–Crippen LogP) is 21.0. The van der Waals surface area contributed by atoms with Gasteiger partial charge in [0.15, 0.2) is 11.6 Å². The molecule has 8 heteroatoms. The van der Waals surface area contributed by atoms with Crippen LogP contribution >= 0.6 is 0 Å². The van der Waals surface area contributed by atoms with Crippen molar-refractivity contribution in [3.8, 4) is 51.5 Å². The topological polar surface area (TPSA) is 63.3 Å². The maximum atomic E-state index is 9.27. The third-order valence-corrected chi connectivity index (χ3v) is 18.8. The lowest BCUT2D eigenvalue weighted by Gasteiger charge is -2.14. The maximum Gasteiger partial charge on any atom is 0.238 e. The quantitative estimate of drug-likeness (QED) is 0.160. The number of fused-ring (bicyclic) bond motifs is 23. The summed E-state index contributed by atoms with van der Waals surface area (Å²) in [7, 11) is 0. The van der Waals surface area contributed by atoms with Crippen LogP contribution in [-0.4, -0.2) is 37.8 Å². The molecule has 91 heavy (non-hydrogen) atoms. The van der Waals surface area contributed by atoms with E-state index in [2.05, 4.69) is 181 Å². The van der Waals surface area contributed by atoms with E-state index >= 15 is 0 Å². The van der Waals surface area contributed by atoms with Crippen molar-refractivity contribution in [3.05, 3.63) is 303 Å². The van der Waals surface area contributed by atoms with Crippen LogP contribution in [0, 0.1) is 0 Å². The molecule has 0 spiro atoms. The fraction of sp³-hybridized carbons (Fsp3) is 0. The van der Waals surface area contributed by atoms with Gasteiger partial charge in [0.05, 0.1) is 60.7 Å². The molecule has 0 aliphatic carbocycles. The molecule has 20 aromatic rings. The van der Waals surface area contributed by atoms with Gasteiger partial charge >= 0.3 is 0 Å². The van der Waals surface area contributed by atoms with Crippen LogP contribution in [0.25, 0.3) is 182 Å². The van der Waals surface area contributed by atoms with Crippen LogP contribution in [0.15, 0.2) is 303 Å². The van der Waals surface area contributed by atoms with Crippen molar-refractivity contribution in [2.45, 2.75) is 0 Å². The van der Waals surface area contributed by atoms with Gasteiger partial charge < -0.3 is 18.3 Å². The number of benzene rings is 14. The number of rotatable bonds is 7. The summed E-state index contributed by atoms with van der Waals surface area (Å²) in [5.74, 6) is 1.56. The minimum absolute atomic E-state index is 0.402. The zero-order valence-corrected chi connectivity index (χ0v) is 48.6. The number of aromatic nitrogens is 8. The molecule has 0 aliphatic heterocycles. The summed E-state index contributed by atoms with van der Waals surface area (Å²) in [5.41, 5.74) is 15.3. The van der Waals surface area contributed by atoms with E-state index in [0.717, 1.165) is 164 Å². The average Bonchev–Trinajstić information content (AvgIpc) is 1.53. The summed E-state index contributed by atoms with van der Waals surface area (Å²) in [4.78, 5) is 15.9. The molecule has 0 fully saturated rings.